The molecule has 4 aromatic rings. The lowest BCUT2D eigenvalue weighted by atomic mass is 10.1. The second-order valence-corrected chi connectivity index (χ2v) is 10.3. The van der Waals surface area contributed by atoms with Crippen molar-refractivity contribution in [2.24, 2.45) is 0 Å². The van der Waals surface area contributed by atoms with Crippen molar-refractivity contribution >= 4 is 55.6 Å². The molecule has 0 aliphatic heterocycles. The van der Waals surface area contributed by atoms with Crippen molar-refractivity contribution in [3.05, 3.63) is 66.2 Å². The number of aliphatic hydroxyl groups excluding tert-OH is 1. The second kappa shape index (κ2) is 11.2. The van der Waals surface area contributed by atoms with Crippen LogP contribution in [-0.4, -0.2) is 58.6 Å². The number of benzene rings is 3. The van der Waals surface area contributed by atoms with E-state index >= 15 is 0 Å². The van der Waals surface area contributed by atoms with E-state index in [1.807, 2.05) is 26.2 Å². The van der Waals surface area contributed by atoms with E-state index in [2.05, 4.69) is 44.2 Å². The van der Waals surface area contributed by atoms with Crippen LogP contribution in [0.2, 0.25) is 0 Å². The van der Waals surface area contributed by atoms with Crippen LogP contribution < -0.4 is 19.7 Å². The molecule has 8 nitrogen and oxygen atoms in total. The molecule has 3 aromatic carbocycles. The summed E-state index contributed by atoms with van der Waals surface area (Å²) < 4.78 is 31.1. The normalized spacial score (nSPS) is 12.3. The number of ether oxygens (including phenoxy) is 1. The van der Waals surface area contributed by atoms with E-state index in [1.165, 1.54) is 5.39 Å². The molecule has 0 amide bonds. The molecule has 35 heavy (non-hydrogen) atoms. The zero-order chi connectivity index (χ0) is 24.3. The number of aromatic amines is 1. The Hall–Kier alpha value is -2.98. The molecular formula is C25H31ClN4O4S. The number of nitrogens with one attached hydrogen (secondary N) is 3. The summed E-state index contributed by atoms with van der Waals surface area (Å²) in [5.41, 5.74) is 4.30. The molecule has 0 saturated carbocycles. The van der Waals surface area contributed by atoms with E-state index in [0.717, 1.165) is 34.1 Å². The highest BCUT2D eigenvalue weighted by Crippen LogP contribution is 2.30. The minimum absolute atomic E-state index is 0. The Bertz CT molecular complexity index is 1410. The van der Waals surface area contributed by atoms with E-state index in [4.69, 9.17) is 4.74 Å². The molecule has 1 heterocycles. The number of hydrogen-bond acceptors (Lipinski definition) is 6. The van der Waals surface area contributed by atoms with Gasteiger partial charge in [-0.2, -0.15) is 0 Å². The molecule has 0 spiro atoms. The van der Waals surface area contributed by atoms with Gasteiger partial charge in [-0.3, -0.25) is 4.72 Å². The highest BCUT2D eigenvalue weighted by atomic mass is 35.5. The standard InChI is InChI=1S/C25H30N4O4S.ClH/c1-29(2)19-7-9-21-22-10-8-20(15-24(22)27-23(21)14-19)33-12-11-26-16-25(30)17-5-4-6-18(13-17)28-34(3,31)32;/h4-10,13-15,25-28,30H,11-12,16H2,1-3H3;1H/t25-;/m0./s1. The molecule has 0 aliphatic rings. The van der Waals surface area contributed by atoms with E-state index in [0.29, 0.717) is 30.9 Å². The maximum atomic E-state index is 11.4. The van der Waals surface area contributed by atoms with Gasteiger partial charge < -0.3 is 25.0 Å². The number of hydrogen-bond donors (Lipinski definition) is 4. The topological polar surface area (TPSA) is 107 Å². The van der Waals surface area contributed by atoms with E-state index in [9.17, 15) is 13.5 Å². The van der Waals surface area contributed by atoms with Crippen molar-refractivity contribution in [1.29, 1.82) is 0 Å². The lowest BCUT2D eigenvalue weighted by Crippen LogP contribution is -2.26. The van der Waals surface area contributed by atoms with Gasteiger partial charge in [0.15, 0.2) is 0 Å². The van der Waals surface area contributed by atoms with Gasteiger partial charge in [0, 0.05) is 60.9 Å². The summed E-state index contributed by atoms with van der Waals surface area (Å²) in [5.74, 6) is 0.772. The number of fused-ring (bicyclic) bond motifs is 3. The van der Waals surface area contributed by atoms with E-state index in [-0.39, 0.29) is 12.4 Å². The molecule has 1 aromatic heterocycles. The molecule has 0 radical (unpaired) electrons. The molecule has 4 rings (SSSR count). The van der Waals surface area contributed by atoms with Crippen molar-refractivity contribution in [3.63, 3.8) is 0 Å². The van der Waals surface area contributed by atoms with Gasteiger partial charge >= 0.3 is 0 Å². The van der Waals surface area contributed by atoms with E-state index < -0.39 is 16.1 Å². The summed E-state index contributed by atoms with van der Waals surface area (Å²) in [6.45, 7) is 1.31. The maximum Gasteiger partial charge on any atom is 0.229 e. The third kappa shape index (κ3) is 6.79. The molecule has 4 N–H and O–H groups in total. The highest BCUT2D eigenvalue weighted by molar-refractivity contribution is 7.92. The fourth-order valence-electron chi connectivity index (χ4n) is 3.87. The lowest BCUT2D eigenvalue weighted by molar-refractivity contribution is 0.172. The van der Waals surface area contributed by atoms with Crippen LogP contribution in [-0.2, 0) is 10.0 Å². The maximum absolute atomic E-state index is 11.4. The second-order valence-electron chi connectivity index (χ2n) is 8.52. The molecule has 1 atom stereocenters. The number of rotatable bonds is 10. The van der Waals surface area contributed by atoms with Crippen molar-refractivity contribution in [2.45, 2.75) is 6.10 Å². The van der Waals surface area contributed by atoms with Gasteiger partial charge in [-0.1, -0.05) is 18.2 Å². The average Bonchev–Trinajstić information content (AvgIpc) is 3.14. The molecule has 0 saturated heterocycles. The summed E-state index contributed by atoms with van der Waals surface area (Å²) in [6.07, 6.45) is 0.324. The van der Waals surface area contributed by atoms with Crippen molar-refractivity contribution < 1.29 is 18.3 Å². The van der Waals surface area contributed by atoms with Gasteiger partial charge in [0.2, 0.25) is 10.0 Å². The fraction of sp³-hybridized carbons (Fsp3) is 0.280. The molecule has 0 aliphatic carbocycles. The van der Waals surface area contributed by atoms with Crippen molar-refractivity contribution in [3.8, 4) is 5.75 Å². The Labute approximate surface area is 211 Å². The first kappa shape index (κ1) is 26.6. The van der Waals surface area contributed by atoms with Crippen LogP contribution in [0.5, 0.6) is 5.75 Å². The Morgan fingerprint density at radius 2 is 1.74 bits per heavy atom. The van der Waals surface area contributed by atoms with Crippen LogP contribution in [0.25, 0.3) is 21.8 Å². The largest absolute Gasteiger partial charge is 0.492 e. The van der Waals surface area contributed by atoms with Crippen LogP contribution in [0.3, 0.4) is 0 Å². The van der Waals surface area contributed by atoms with Crippen LogP contribution in [0.4, 0.5) is 11.4 Å². The van der Waals surface area contributed by atoms with Crippen LogP contribution in [0, 0.1) is 0 Å². The first-order valence-electron chi connectivity index (χ1n) is 11.0. The lowest BCUT2D eigenvalue weighted by Gasteiger charge is -2.14. The number of halogens is 1. The number of sulfonamides is 1. The number of nitrogens with zero attached hydrogens (tertiary/aromatic N) is 1. The smallest absolute Gasteiger partial charge is 0.229 e. The minimum atomic E-state index is -3.37. The Kier molecular flexibility index (Phi) is 8.50. The molecule has 0 unspecified atom stereocenters. The molecular weight excluding hydrogens is 488 g/mol. The predicted molar refractivity (Wildman–Crippen MR) is 146 cm³/mol. The van der Waals surface area contributed by atoms with Gasteiger partial charge in [-0.05, 0) is 42.0 Å². The molecule has 188 valence electrons. The first-order valence-corrected chi connectivity index (χ1v) is 12.9. The molecule has 0 fully saturated rings. The summed E-state index contributed by atoms with van der Waals surface area (Å²) in [5, 5.41) is 15.9. The van der Waals surface area contributed by atoms with Gasteiger partial charge in [0.05, 0.1) is 17.9 Å². The monoisotopic (exact) mass is 518 g/mol. The van der Waals surface area contributed by atoms with Gasteiger partial charge in [-0.25, -0.2) is 8.42 Å². The van der Waals surface area contributed by atoms with E-state index in [1.54, 1.807) is 24.3 Å². The third-order valence-electron chi connectivity index (χ3n) is 5.53. The molecule has 10 heteroatoms. The summed E-state index contributed by atoms with van der Waals surface area (Å²) in [7, 11) is 0.683. The van der Waals surface area contributed by atoms with Crippen molar-refractivity contribution in [1.82, 2.24) is 10.3 Å². The number of anilines is 2. The fourth-order valence-corrected chi connectivity index (χ4v) is 4.42. The third-order valence-corrected chi connectivity index (χ3v) is 6.14. The summed E-state index contributed by atoms with van der Waals surface area (Å²) in [4.78, 5) is 5.54. The first-order chi connectivity index (χ1) is 16.2. The zero-order valence-electron chi connectivity index (χ0n) is 19.9. The number of aliphatic hydroxyl groups is 1. The predicted octanol–water partition coefficient (Wildman–Crippen LogP) is 3.88. The van der Waals surface area contributed by atoms with Crippen LogP contribution >= 0.6 is 12.4 Å². The Morgan fingerprint density at radius 3 is 2.46 bits per heavy atom. The number of aromatic nitrogens is 1. The summed E-state index contributed by atoms with van der Waals surface area (Å²) >= 11 is 0. The quantitative estimate of drug-likeness (QED) is 0.237. The van der Waals surface area contributed by atoms with Crippen LogP contribution in [0.15, 0.2) is 60.7 Å². The number of H-pyrrole nitrogens is 1. The van der Waals surface area contributed by atoms with Gasteiger partial charge in [0.1, 0.15) is 12.4 Å². The highest BCUT2D eigenvalue weighted by Gasteiger charge is 2.10. The zero-order valence-corrected chi connectivity index (χ0v) is 21.5. The SMILES string of the molecule is CN(C)c1ccc2c(c1)[nH]c1cc(OCCNC[C@H](O)c3cccc(NS(C)(=O)=O)c3)ccc12.Cl. The van der Waals surface area contributed by atoms with Gasteiger partial charge in [0.25, 0.3) is 0 Å². The van der Waals surface area contributed by atoms with Crippen LogP contribution in [0.1, 0.15) is 11.7 Å². The Morgan fingerprint density at radius 1 is 1.03 bits per heavy atom. The van der Waals surface area contributed by atoms with Gasteiger partial charge in [-0.15, -0.1) is 12.4 Å². The van der Waals surface area contributed by atoms with Crippen molar-refractivity contribution in [2.75, 3.05) is 49.7 Å². The summed E-state index contributed by atoms with van der Waals surface area (Å²) in [6, 6.07) is 19.1. The Balaban J connectivity index is 0.00000342. The molecule has 0 bridgehead atoms. The minimum Gasteiger partial charge on any atom is -0.492 e. The average molecular weight is 519 g/mol.